The SMILES string of the molecule is Cc1cc(C(=O)NC(C)C)cnc1N1CCc2ncccc2C1. The van der Waals surface area contributed by atoms with Crippen LogP contribution in [-0.2, 0) is 13.0 Å². The highest BCUT2D eigenvalue weighted by Gasteiger charge is 2.20. The highest BCUT2D eigenvalue weighted by molar-refractivity contribution is 5.94. The monoisotopic (exact) mass is 310 g/mol. The van der Waals surface area contributed by atoms with Crippen LogP contribution in [0.15, 0.2) is 30.6 Å². The first kappa shape index (κ1) is 15.5. The molecule has 1 aliphatic rings. The second-order valence-corrected chi connectivity index (χ2v) is 6.27. The van der Waals surface area contributed by atoms with Crippen molar-refractivity contribution in [2.75, 3.05) is 11.4 Å². The maximum Gasteiger partial charge on any atom is 0.253 e. The van der Waals surface area contributed by atoms with Crippen LogP contribution in [0.3, 0.4) is 0 Å². The summed E-state index contributed by atoms with van der Waals surface area (Å²) >= 11 is 0. The molecule has 0 aliphatic carbocycles. The fourth-order valence-electron chi connectivity index (χ4n) is 2.92. The number of carbonyl (C=O) groups is 1. The highest BCUT2D eigenvalue weighted by Crippen LogP contribution is 2.24. The van der Waals surface area contributed by atoms with Gasteiger partial charge in [0.15, 0.2) is 0 Å². The van der Waals surface area contributed by atoms with Gasteiger partial charge in [-0.2, -0.15) is 0 Å². The maximum atomic E-state index is 12.1. The average molecular weight is 310 g/mol. The van der Waals surface area contributed by atoms with Crippen LogP contribution in [0.2, 0.25) is 0 Å². The molecule has 0 saturated heterocycles. The normalized spacial score (nSPS) is 13.8. The first-order valence-corrected chi connectivity index (χ1v) is 8.00. The van der Waals surface area contributed by atoms with Crippen LogP contribution in [0.4, 0.5) is 5.82 Å². The van der Waals surface area contributed by atoms with Gasteiger partial charge in [0.1, 0.15) is 5.82 Å². The number of rotatable bonds is 3. The Morgan fingerprint density at radius 2 is 2.17 bits per heavy atom. The van der Waals surface area contributed by atoms with Crippen LogP contribution in [0, 0.1) is 6.92 Å². The minimum atomic E-state index is -0.0738. The van der Waals surface area contributed by atoms with E-state index >= 15 is 0 Å². The van der Waals surface area contributed by atoms with Crippen molar-refractivity contribution in [3.05, 3.63) is 53.0 Å². The summed E-state index contributed by atoms with van der Waals surface area (Å²) in [5.74, 6) is 0.871. The molecule has 0 unspecified atom stereocenters. The van der Waals surface area contributed by atoms with Gasteiger partial charge in [-0.3, -0.25) is 9.78 Å². The zero-order valence-corrected chi connectivity index (χ0v) is 13.8. The zero-order chi connectivity index (χ0) is 16.4. The zero-order valence-electron chi connectivity index (χ0n) is 13.8. The predicted octanol–water partition coefficient (Wildman–Crippen LogP) is 2.49. The first-order valence-electron chi connectivity index (χ1n) is 8.00. The molecule has 120 valence electrons. The molecule has 3 heterocycles. The van der Waals surface area contributed by atoms with E-state index in [1.165, 1.54) is 11.3 Å². The molecule has 5 heteroatoms. The Morgan fingerprint density at radius 1 is 1.35 bits per heavy atom. The van der Waals surface area contributed by atoms with E-state index in [2.05, 4.69) is 26.3 Å². The van der Waals surface area contributed by atoms with Crippen LogP contribution in [0.1, 0.15) is 41.0 Å². The predicted molar refractivity (Wildman–Crippen MR) is 90.6 cm³/mol. The molecule has 0 radical (unpaired) electrons. The van der Waals surface area contributed by atoms with Gasteiger partial charge in [-0.1, -0.05) is 6.07 Å². The average Bonchev–Trinajstić information content (AvgIpc) is 2.53. The summed E-state index contributed by atoms with van der Waals surface area (Å²) < 4.78 is 0. The molecule has 23 heavy (non-hydrogen) atoms. The highest BCUT2D eigenvalue weighted by atomic mass is 16.1. The number of hydrogen-bond acceptors (Lipinski definition) is 4. The van der Waals surface area contributed by atoms with Crippen LogP contribution >= 0.6 is 0 Å². The number of aryl methyl sites for hydroxylation is 1. The molecule has 5 nitrogen and oxygen atoms in total. The lowest BCUT2D eigenvalue weighted by molar-refractivity contribution is 0.0942. The van der Waals surface area contributed by atoms with Gasteiger partial charge in [0.25, 0.3) is 5.91 Å². The van der Waals surface area contributed by atoms with E-state index in [4.69, 9.17) is 0 Å². The van der Waals surface area contributed by atoms with Gasteiger partial charge in [-0.05, 0) is 44.0 Å². The summed E-state index contributed by atoms with van der Waals surface area (Å²) in [5, 5.41) is 2.90. The standard InChI is InChI=1S/C18H22N4O/c1-12(2)21-18(23)15-9-13(3)17(20-10-15)22-8-6-16-14(11-22)5-4-7-19-16/h4-5,7,9-10,12H,6,8,11H2,1-3H3,(H,21,23). The molecular formula is C18H22N4O. The third kappa shape index (κ3) is 3.33. The second-order valence-electron chi connectivity index (χ2n) is 6.27. The number of nitrogens with one attached hydrogen (secondary N) is 1. The van der Waals surface area contributed by atoms with Gasteiger partial charge in [-0.25, -0.2) is 4.98 Å². The molecule has 1 amide bonds. The first-order chi connectivity index (χ1) is 11.0. The quantitative estimate of drug-likeness (QED) is 0.946. The van der Waals surface area contributed by atoms with E-state index in [9.17, 15) is 4.79 Å². The van der Waals surface area contributed by atoms with E-state index in [1.54, 1.807) is 6.20 Å². The van der Waals surface area contributed by atoms with Crippen molar-refractivity contribution in [3.8, 4) is 0 Å². The summed E-state index contributed by atoms with van der Waals surface area (Å²) in [5.41, 5.74) is 4.06. The summed E-state index contributed by atoms with van der Waals surface area (Å²) in [4.78, 5) is 23.3. The molecule has 3 rings (SSSR count). The fraction of sp³-hybridized carbons (Fsp3) is 0.389. The molecule has 0 spiro atoms. The number of fused-ring (bicyclic) bond motifs is 1. The molecule has 2 aromatic rings. The Hall–Kier alpha value is -2.43. The summed E-state index contributed by atoms with van der Waals surface area (Å²) in [6.45, 7) is 7.62. The van der Waals surface area contributed by atoms with Crippen molar-refractivity contribution in [2.45, 2.75) is 39.8 Å². The van der Waals surface area contributed by atoms with Crippen molar-refractivity contribution in [1.82, 2.24) is 15.3 Å². The molecule has 1 aliphatic heterocycles. The minimum absolute atomic E-state index is 0.0738. The number of nitrogens with zero attached hydrogens (tertiary/aromatic N) is 3. The summed E-state index contributed by atoms with van der Waals surface area (Å²) in [7, 11) is 0. The third-order valence-electron chi connectivity index (χ3n) is 4.00. The summed E-state index contributed by atoms with van der Waals surface area (Å²) in [6.07, 6.45) is 4.44. The van der Waals surface area contributed by atoms with Gasteiger partial charge < -0.3 is 10.2 Å². The Balaban J connectivity index is 1.81. The van der Waals surface area contributed by atoms with Crippen molar-refractivity contribution >= 4 is 11.7 Å². The molecule has 0 saturated carbocycles. The van der Waals surface area contributed by atoms with Gasteiger partial charge in [0.05, 0.1) is 5.56 Å². The van der Waals surface area contributed by atoms with Crippen LogP contribution in [0.5, 0.6) is 0 Å². The second kappa shape index (κ2) is 6.36. The number of anilines is 1. The molecule has 1 N–H and O–H groups in total. The lowest BCUT2D eigenvalue weighted by Crippen LogP contribution is -2.33. The van der Waals surface area contributed by atoms with Crippen LogP contribution in [-0.4, -0.2) is 28.5 Å². The number of pyridine rings is 2. The molecule has 0 fully saturated rings. The van der Waals surface area contributed by atoms with E-state index < -0.39 is 0 Å². The van der Waals surface area contributed by atoms with Crippen molar-refractivity contribution in [1.29, 1.82) is 0 Å². The smallest absolute Gasteiger partial charge is 0.253 e. The molecular weight excluding hydrogens is 288 g/mol. The topological polar surface area (TPSA) is 58.1 Å². The Bertz CT molecular complexity index is 727. The minimum Gasteiger partial charge on any atom is -0.352 e. The van der Waals surface area contributed by atoms with Gasteiger partial charge in [0, 0.05) is 43.6 Å². The van der Waals surface area contributed by atoms with Crippen molar-refractivity contribution < 1.29 is 4.79 Å². The third-order valence-corrected chi connectivity index (χ3v) is 4.00. The van der Waals surface area contributed by atoms with Gasteiger partial charge in [0.2, 0.25) is 0 Å². The number of hydrogen-bond donors (Lipinski definition) is 1. The van der Waals surface area contributed by atoms with Gasteiger partial charge in [-0.15, -0.1) is 0 Å². The molecule has 0 aromatic carbocycles. The molecule has 0 bridgehead atoms. The fourth-order valence-corrected chi connectivity index (χ4v) is 2.92. The largest absolute Gasteiger partial charge is 0.352 e. The van der Waals surface area contributed by atoms with Crippen molar-refractivity contribution in [3.63, 3.8) is 0 Å². The Labute approximate surface area is 136 Å². The Morgan fingerprint density at radius 3 is 2.91 bits per heavy atom. The summed E-state index contributed by atoms with van der Waals surface area (Å²) in [6, 6.07) is 6.13. The van der Waals surface area contributed by atoms with Crippen LogP contribution < -0.4 is 10.2 Å². The van der Waals surface area contributed by atoms with E-state index in [1.807, 2.05) is 39.1 Å². The Kier molecular flexibility index (Phi) is 4.28. The van der Waals surface area contributed by atoms with E-state index in [-0.39, 0.29) is 11.9 Å². The number of amides is 1. The lowest BCUT2D eigenvalue weighted by Gasteiger charge is -2.30. The maximum absolute atomic E-state index is 12.1. The molecule has 0 atom stereocenters. The lowest BCUT2D eigenvalue weighted by atomic mass is 10.0. The van der Waals surface area contributed by atoms with E-state index in [0.29, 0.717) is 5.56 Å². The number of carbonyl (C=O) groups excluding carboxylic acids is 1. The van der Waals surface area contributed by atoms with Crippen molar-refractivity contribution in [2.24, 2.45) is 0 Å². The number of aromatic nitrogens is 2. The van der Waals surface area contributed by atoms with Crippen LogP contribution in [0.25, 0.3) is 0 Å². The molecule has 2 aromatic heterocycles. The van der Waals surface area contributed by atoms with E-state index in [0.717, 1.165) is 30.9 Å². The van der Waals surface area contributed by atoms with Gasteiger partial charge >= 0.3 is 0 Å².